The smallest absolute Gasteiger partial charge is 0.239 e. The lowest BCUT2D eigenvalue weighted by atomic mass is 10.5. The first-order chi connectivity index (χ1) is 7.70. The molecule has 7 heteroatoms. The molecule has 0 radical (unpaired) electrons. The van der Waals surface area contributed by atoms with Crippen molar-refractivity contribution >= 4 is 21.7 Å². The predicted octanol–water partition coefficient (Wildman–Crippen LogP) is 1.83. The number of nitrogen functional groups attached to an aromatic ring is 1. The number of halogens is 1. The van der Waals surface area contributed by atoms with Gasteiger partial charge in [-0.05, 0) is 22.9 Å². The van der Waals surface area contributed by atoms with Crippen LogP contribution in [0, 0.1) is 0 Å². The molecule has 6 nitrogen and oxygen atoms in total. The molecule has 0 fully saturated rings. The van der Waals surface area contributed by atoms with Crippen LogP contribution >= 0.6 is 15.9 Å². The van der Waals surface area contributed by atoms with Crippen LogP contribution in [0.25, 0.3) is 0 Å². The Labute approximate surface area is 101 Å². The Morgan fingerprint density at radius 2 is 2.31 bits per heavy atom. The van der Waals surface area contributed by atoms with Gasteiger partial charge in [0.2, 0.25) is 5.88 Å². The summed E-state index contributed by atoms with van der Waals surface area (Å²) < 4.78 is 7.81. The molecular formula is C9H10BrN5O. The molecule has 0 atom stereocenters. The maximum absolute atomic E-state index is 5.61. The van der Waals surface area contributed by atoms with Crippen molar-refractivity contribution in [2.45, 2.75) is 13.5 Å². The molecule has 0 aliphatic heterocycles. The number of nitrogens with zero attached hydrogens (tertiary/aromatic N) is 4. The molecule has 0 spiro atoms. The number of aryl methyl sites for hydroxylation is 1. The molecule has 0 unspecified atom stereocenters. The number of aromatic nitrogens is 4. The summed E-state index contributed by atoms with van der Waals surface area (Å²) in [5, 5.41) is 4.08. The minimum atomic E-state index is 0.341. The van der Waals surface area contributed by atoms with Crippen LogP contribution in [-0.2, 0) is 6.54 Å². The minimum Gasteiger partial charge on any atom is -0.434 e. The molecule has 0 amide bonds. The van der Waals surface area contributed by atoms with Crippen molar-refractivity contribution in [3.8, 4) is 11.6 Å². The van der Waals surface area contributed by atoms with Crippen LogP contribution in [0.4, 0.5) is 5.82 Å². The third kappa shape index (κ3) is 2.13. The van der Waals surface area contributed by atoms with E-state index in [1.807, 2.05) is 6.92 Å². The molecule has 0 aliphatic carbocycles. The van der Waals surface area contributed by atoms with Gasteiger partial charge in [-0.1, -0.05) is 0 Å². The molecule has 0 aromatic carbocycles. The van der Waals surface area contributed by atoms with Crippen LogP contribution in [0.5, 0.6) is 11.6 Å². The molecule has 0 bridgehead atoms. The van der Waals surface area contributed by atoms with Gasteiger partial charge in [-0.2, -0.15) is 5.10 Å². The lowest BCUT2D eigenvalue weighted by Crippen LogP contribution is -1.96. The van der Waals surface area contributed by atoms with Gasteiger partial charge in [-0.15, -0.1) is 0 Å². The van der Waals surface area contributed by atoms with Crippen molar-refractivity contribution < 1.29 is 4.74 Å². The summed E-state index contributed by atoms with van der Waals surface area (Å²) in [4.78, 5) is 7.79. The number of rotatable bonds is 3. The topological polar surface area (TPSA) is 78.8 Å². The first-order valence-electron chi connectivity index (χ1n) is 4.67. The molecule has 0 saturated heterocycles. The highest BCUT2D eigenvalue weighted by Gasteiger charge is 2.09. The molecule has 2 N–H and O–H groups in total. The second-order valence-electron chi connectivity index (χ2n) is 3.01. The third-order valence-electron chi connectivity index (χ3n) is 1.93. The molecule has 16 heavy (non-hydrogen) atoms. The highest BCUT2D eigenvalue weighted by molar-refractivity contribution is 9.10. The largest absolute Gasteiger partial charge is 0.434 e. The molecule has 84 valence electrons. The van der Waals surface area contributed by atoms with Crippen molar-refractivity contribution in [1.82, 2.24) is 19.7 Å². The molecule has 2 heterocycles. The summed E-state index contributed by atoms with van der Waals surface area (Å²) in [6.07, 6.45) is 4.75. The SMILES string of the molecule is CCn1cc(Oc2ncnc(N)c2Br)cn1. The molecule has 2 rings (SSSR count). The van der Waals surface area contributed by atoms with E-state index in [0.717, 1.165) is 6.54 Å². The third-order valence-corrected chi connectivity index (χ3v) is 2.68. The monoisotopic (exact) mass is 283 g/mol. The summed E-state index contributed by atoms with van der Waals surface area (Å²) in [7, 11) is 0. The van der Waals surface area contributed by atoms with Gasteiger partial charge in [0, 0.05) is 6.54 Å². The Morgan fingerprint density at radius 1 is 1.50 bits per heavy atom. The van der Waals surface area contributed by atoms with Gasteiger partial charge in [0.1, 0.15) is 16.6 Å². The van der Waals surface area contributed by atoms with E-state index in [1.54, 1.807) is 17.1 Å². The molecule has 0 aliphatic rings. The second kappa shape index (κ2) is 4.48. The summed E-state index contributed by atoms with van der Waals surface area (Å²) >= 11 is 3.26. The van der Waals surface area contributed by atoms with E-state index in [1.165, 1.54) is 6.33 Å². The fraction of sp³-hybridized carbons (Fsp3) is 0.222. The zero-order valence-electron chi connectivity index (χ0n) is 8.59. The Balaban J connectivity index is 2.23. The number of anilines is 1. The van der Waals surface area contributed by atoms with Crippen LogP contribution in [0.1, 0.15) is 6.92 Å². The lowest BCUT2D eigenvalue weighted by molar-refractivity contribution is 0.457. The van der Waals surface area contributed by atoms with Crippen LogP contribution < -0.4 is 10.5 Å². The van der Waals surface area contributed by atoms with E-state index in [0.29, 0.717) is 21.9 Å². The Bertz CT molecular complexity index is 498. The van der Waals surface area contributed by atoms with E-state index < -0.39 is 0 Å². The maximum Gasteiger partial charge on any atom is 0.239 e. The molecular weight excluding hydrogens is 274 g/mol. The second-order valence-corrected chi connectivity index (χ2v) is 3.80. The Morgan fingerprint density at radius 3 is 3.00 bits per heavy atom. The van der Waals surface area contributed by atoms with Crippen molar-refractivity contribution in [3.05, 3.63) is 23.2 Å². The van der Waals surface area contributed by atoms with Crippen molar-refractivity contribution in [2.75, 3.05) is 5.73 Å². The van der Waals surface area contributed by atoms with Crippen LogP contribution in [0.15, 0.2) is 23.2 Å². The van der Waals surface area contributed by atoms with Gasteiger partial charge in [0.05, 0.1) is 12.4 Å². The Kier molecular flexibility index (Phi) is 3.04. The van der Waals surface area contributed by atoms with Crippen LogP contribution in [0.3, 0.4) is 0 Å². The number of nitrogens with two attached hydrogens (primary N) is 1. The standard InChI is InChI=1S/C9H10BrN5O/c1-2-15-4-6(3-14-15)16-9-7(10)8(11)12-5-13-9/h3-5H,2H2,1H3,(H2,11,12,13). The number of ether oxygens (including phenoxy) is 1. The van der Waals surface area contributed by atoms with E-state index in [9.17, 15) is 0 Å². The van der Waals surface area contributed by atoms with Crippen LogP contribution in [0.2, 0.25) is 0 Å². The maximum atomic E-state index is 5.61. The van der Waals surface area contributed by atoms with E-state index >= 15 is 0 Å². The van der Waals surface area contributed by atoms with Gasteiger partial charge in [0.25, 0.3) is 0 Å². The summed E-state index contributed by atoms with van der Waals surface area (Å²) in [5.74, 6) is 1.33. The summed E-state index contributed by atoms with van der Waals surface area (Å²) in [6, 6.07) is 0. The van der Waals surface area contributed by atoms with Gasteiger partial charge in [0.15, 0.2) is 5.75 Å². The highest BCUT2D eigenvalue weighted by Crippen LogP contribution is 2.29. The first-order valence-corrected chi connectivity index (χ1v) is 5.46. The Hall–Kier alpha value is -1.63. The molecule has 2 aromatic rings. The van der Waals surface area contributed by atoms with Gasteiger partial charge >= 0.3 is 0 Å². The average Bonchev–Trinajstić information content (AvgIpc) is 2.73. The van der Waals surface area contributed by atoms with Crippen molar-refractivity contribution in [2.24, 2.45) is 0 Å². The minimum absolute atomic E-state index is 0.341. The molecule has 2 aromatic heterocycles. The first kappa shape index (κ1) is 10.9. The van der Waals surface area contributed by atoms with Crippen LogP contribution in [-0.4, -0.2) is 19.7 Å². The van der Waals surface area contributed by atoms with Crippen molar-refractivity contribution in [3.63, 3.8) is 0 Å². The zero-order chi connectivity index (χ0) is 11.5. The summed E-state index contributed by atoms with van der Waals surface area (Å²) in [5.41, 5.74) is 5.61. The van der Waals surface area contributed by atoms with Gasteiger partial charge in [-0.3, -0.25) is 4.68 Å². The zero-order valence-corrected chi connectivity index (χ0v) is 10.2. The quantitative estimate of drug-likeness (QED) is 0.930. The normalized spacial score (nSPS) is 10.4. The highest BCUT2D eigenvalue weighted by atomic mass is 79.9. The van der Waals surface area contributed by atoms with E-state index in [4.69, 9.17) is 10.5 Å². The number of hydrogen-bond acceptors (Lipinski definition) is 5. The number of hydrogen-bond donors (Lipinski definition) is 1. The van der Waals surface area contributed by atoms with Gasteiger partial charge < -0.3 is 10.5 Å². The van der Waals surface area contributed by atoms with Crippen molar-refractivity contribution in [1.29, 1.82) is 0 Å². The lowest BCUT2D eigenvalue weighted by Gasteiger charge is -2.04. The van der Waals surface area contributed by atoms with E-state index in [2.05, 4.69) is 31.0 Å². The molecule has 0 saturated carbocycles. The van der Waals surface area contributed by atoms with E-state index in [-0.39, 0.29) is 0 Å². The fourth-order valence-electron chi connectivity index (χ4n) is 1.12. The predicted molar refractivity (Wildman–Crippen MR) is 62.1 cm³/mol. The summed E-state index contributed by atoms with van der Waals surface area (Å²) in [6.45, 7) is 2.78. The average molecular weight is 284 g/mol. The van der Waals surface area contributed by atoms with Gasteiger partial charge in [-0.25, -0.2) is 9.97 Å². The fourth-order valence-corrected chi connectivity index (χ4v) is 1.41.